The second-order valence-corrected chi connectivity index (χ2v) is 6.15. The lowest BCUT2D eigenvalue weighted by atomic mass is 10.1. The van der Waals surface area contributed by atoms with Gasteiger partial charge < -0.3 is 20.5 Å². The highest BCUT2D eigenvalue weighted by atomic mass is 16.5. The summed E-state index contributed by atoms with van der Waals surface area (Å²) in [7, 11) is 0. The van der Waals surface area contributed by atoms with Gasteiger partial charge in [0.05, 0.1) is 5.69 Å². The van der Waals surface area contributed by atoms with E-state index in [4.69, 9.17) is 10.3 Å². The van der Waals surface area contributed by atoms with E-state index in [0.29, 0.717) is 35.4 Å². The lowest BCUT2D eigenvalue weighted by Crippen LogP contribution is -2.20. The van der Waals surface area contributed by atoms with Gasteiger partial charge in [-0.05, 0) is 25.3 Å². The Morgan fingerprint density at radius 1 is 1.11 bits per heavy atom. The van der Waals surface area contributed by atoms with E-state index in [1.807, 2.05) is 25.1 Å². The molecule has 0 aliphatic rings. The van der Waals surface area contributed by atoms with E-state index < -0.39 is 0 Å². The molecular weight excluding hydrogens is 340 g/mol. The molecule has 3 N–H and O–H groups in total. The van der Waals surface area contributed by atoms with Gasteiger partial charge in [-0.25, -0.2) is 9.97 Å². The van der Waals surface area contributed by atoms with Crippen LogP contribution < -0.4 is 16.0 Å². The molecule has 7 heteroatoms. The van der Waals surface area contributed by atoms with Gasteiger partial charge in [0.15, 0.2) is 17.5 Å². The van der Waals surface area contributed by atoms with Gasteiger partial charge in [-0.2, -0.15) is 0 Å². The Labute approximate surface area is 156 Å². The number of rotatable bonds is 5. The Morgan fingerprint density at radius 2 is 1.93 bits per heavy atom. The van der Waals surface area contributed by atoms with Crippen LogP contribution in [0.1, 0.15) is 12.7 Å². The standard InChI is InChI=1S/C20H20N6O/c1-3-26(16-10-6-8-14-7-4-5-9-15(14)16)20-18(21)19(22-12-23-20)24-17-11-13(2)27-25-17/h4-12H,3,21H2,1-2H3,(H,22,23,24,25). The minimum absolute atomic E-state index is 0.452. The van der Waals surface area contributed by atoms with Crippen LogP contribution in [0.25, 0.3) is 10.8 Å². The van der Waals surface area contributed by atoms with Gasteiger partial charge in [-0.3, -0.25) is 0 Å². The molecule has 2 aromatic carbocycles. The molecule has 0 fully saturated rings. The van der Waals surface area contributed by atoms with E-state index in [0.717, 1.165) is 16.5 Å². The maximum atomic E-state index is 6.41. The zero-order valence-corrected chi connectivity index (χ0v) is 15.2. The summed E-state index contributed by atoms with van der Waals surface area (Å²) in [6.45, 7) is 4.60. The Morgan fingerprint density at radius 3 is 2.70 bits per heavy atom. The van der Waals surface area contributed by atoms with Crippen molar-refractivity contribution in [2.24, 2.45) is 0 Å². The third-order valence-corrected chi connectivity index (χ3v) is 4.37. The molecule has 27 heavy (non-hydrogen) atoms. The number of aryl methyl sites for hydroxylation is 1. The molecule has 0 unspecified atom stereocenters. The normalized spacial score (nSPS) is 10.9. The fraction of sp³-hybridized carbons (Fsp3) is 0.150. The minimum atomic E-state index is 0.452. The molecule has 2 aromatic heterocycles. The number of nitrogens with one attached hydrogen (secondary N) is 1. The molecule has 0 spiro atoms. The average Bonchev–Trinajstić information content (AvgIpc) is 3.10. The van der Waals surface area contributed by atoms with Crippen LogP contribution in [0.15, 0.2) is 59.4 Å². The molecule has 2 heterocycles. The van der Waals surface area contributed by atoms with Crippen molar-refractivity contribution < 1.29 is 4.52 Å². The van der Waals surface area contributed by atoms with Gasteiger partial charge >= 0.3 is 0 Å². The molecule has 4 rings (SSSR count). The summed E-state index contributed by atoms with van der Waals surface area (Å²) in [5.41, 5.74) is 7.91. The van der Waals surface area contributed by atoms with Crippen molar-refractivity contribution in [3.8, 4) is 0 Å². The molecular formula is C20H20N6O. The average molecular weight is 360 g/mol. The van der Waals surface area contributed by atoms with Gasteiger partial charge in [-0.15, -0.1) is 0 Å². The van der Waals surface area contributed by atoms with Gasteiger partial charge in [0.25, 0.3) is 0 Å². The first-order chi connectivity index (χ1) is 13.2. The van der Waals surface area contributed by atoms with Crippen LogP contribution in [0.2, 0.25) is 0 Å². The molecule has 0 aliphatic heterocycles. The van der Waals surface area contributed by atoms with Crippen LogP contribution in [-0.4, -0.2) is 21.7 Å². The van der Waals surface area contributed by atoms with E-state index >= 15 is 0 Å². The van der Waals surface area contributed by atoms with Crippen LogP contribution in [0.3, 0.4) is 0 Å². The molecule has 0 radical (unpaired) electrons. The SMILES string of the molecule is CCN(c1ncnc(Nc2cc(C)on2)c1N)c1cccc2ccccc12. The number of nitrogen functional groups attached to an aromatic ring is 1. The molecule has 136 valence electrons. The Balaban J connectivity index is 1.77. The number of hydrogen-bond acceptors (Lipinski definition) is 7. The Kier molecular flexibility index (Phi) is 4.33. The van der Waals surface area contributed by atoms with Crippen LogP contribution in [0, 0.1) is 6.92 Å². The summed E-state index contributed by atoms with van der Waals surface area (Å²) in [5.74, 6) is 2.40. The molecule has 0 saturated heterocycles. The van der Waals surface area contributed by atoms with Crippen molar-refractivity contribution in [1.82, 2.24) is 15.1 Å². The zero-order valence-electron chi connectivity index (χ0n) is 15.2. The number of aromatic nitrogens is 3. The Bertz CT molecular complexity index is 1090. The highest BCUT2D eigenvalue weighted by Crippen LogP contribution is 2.36. The number of fused-ring (bicyclic) bond motifs is 1. The molecule has 4 aromatic rings. The largest absolute Gasteiger partial charge is 0.393 e. The summed E-state index contributed by atoms with van der Waals surface area (Å²) in [5, 5.41) is 9.33. The monoisotopic (exact) mass is 360 g/mol. The van der Waals surface area contributed by atoms with Gasteiger partial charge in [0.1, 0.15) is 17.8 Å². The fourth-order valence-corrected chi connectivity index (χ4v) is 3.13. The summed E-state index contributed by atoms with van der Waals surface area (Å²) in [6, 6.07) is 16.2. The van der Waals surface area contributed by atoms with E-state index in [9.17, 15) is 0 Å². The first kappa shape index (κ1) is 16.8. The van der Waals surface area contributed by atoms with E-state index in [2.05, 4.69) is 56.5 Å². The quantitative estimate of drug-likeness (QED) is 0.544. The maximum Gasteiger partial charge on any atom is 0.175 e. The second-order valence-electron chi connectivity index (χ2n) is 6.15. The van der Waals surface area contributed by atoms with Crippen LogP contribution in [0.5, 0.6) is 0 Å². The number of anilines is 5. The van der Waals surface area contributed by atoms with E-state index in [-0.39, 0.29) is 0 Å². The third-order valence-electron chi connectivity index (χ3n) is 4.37. The topological polar surface area (TPSA) is 93.1 Å². The molecule has 0 aliphatic carbocycles. The minimum Gasteiger partial charge on any atom is -0.393 e. The summed E-state index contributed by atoms with van der Waals surface area (Å²) in [4.78, 5) is 10.8. The smallest absolute Gasteiger partial charge is 0.175 e. The fourth-order valence-electron chi connectivity index (χ4n) is 3.13. The van der Waals surface area contributed by atoms with E-state index in [1.54, 1.807) is 6.07 Å². The lowest BCUT2D eigenvalue weighted by molar-refractivity contribution is 0.400. The molecule has 0 bridgehead atoms. The second kappa shape index (κ2) is 6.95. The summed E-state index contributed by atoms with van der Waals surface area (Å²) >= 11 is 0. The third kappa shape index (κ3) is 3.15. The van der Waals surface area contributed by atoms with E-state index in [1.165, 1.54) is 6.33 Å². The molecule has 0 saturated carbocycles. The van der Waals surface area contributed by atoms with Crippen molar-refractivity contribution in [1.29, 1.82) is 0 Å². The van der Waals surface area contributed by atoms with Crippen molar-refractivity contribution in [2.45, 2.75) is 13.8 Å². The number of nitrogens with zero attached hydrogens (tertiary/aromatic N) is 4. The van der Waals surface area contributed by atoms with Crippen LogP contribution in [0.4, 0.5) is 28.8 Å². The summed E-state index contributed by atoms with van der Waals surface area (Å²) < 4.78 is 5.09. The molecule has 0 atom stereocenters. The number of hydrogen-bond donors (Lipinski definition) is 2. The van der Waals surface area contributed by atoms with Gasteiger partial charge in [0.2, 0.25) is 0 Å². The maximum absolute atomic E-state index is 6.41. The van der Waals surface area contributed by atoms with Gasteiger partial charge in [-0.1, -0.05) is 41.6 Å². The van der Waals surface area contributed by atoms with Crippen LogP contribution in [-0.2, 0) is 0 Å². The first-order valence-electron chi connectivity index (χ1n) is 8.73. The van der Waals surface area contributed by atoms with Crippen molar-refractivity contribution in [3.63, 3.8) is 0 Å². The predicted octanol–water partition coefficient (Wildman–Crippen LogP) is 4.41. The molecule has 0 amide bonds. The predicted molar refractivity (Wildman–Crippen MR) is 108 cm³/mol. The number of nitrogens with two attached hydrogens (primary N) is 1. The highest BCUT2D eigenvalue weighted by molar-refractivity contribution is 5.97. The van der Waals surface area contributed by atoms with Gasteiger partial charge in [0, 0.05) is 18.0 Å². The summed E-state index contributed by atoms with van der Waals surface area (Å²) in [6.07, 6.45) is 1.49. The Hall–Kier alpha value is -3.61. The first-order valence-corrected chi connectivity index (χ1v) is 8.73. The highest BCUT2D eigenvalue weighted by Gasteiger charge is 2.18. The van der Waals surface area contributed by atoms with Crippen molar-refractivity contribution in [2.75, 3.05) is 22.5 Å². The molecule has 7 nitrogen and oxygen atoms in total. The van der Waals surface area contributed by atoms with Crippen LogP contribution >= 0.6 is 0 Å². The number of benzene rings is 2. The lowest BCUT2D eigenvalue weighted by Gasteiger charge is -2.25. The van der Waals surface area contributed by atoms with Crippen molar-refractivity contribution >= 4 is 39.6 Å². The van der Waals surface area contributed by atoms with Crippen molar-refractivity contribution in [3.05, 3.63) is 60.6 Å². The zero-order chi connectivity index (χ0) is 18.8.